The third-order valence-corrected chi connectivity index (χ3v) is 3.65. The van der Waals surface area contributed by atoms with Crippen molar-refractivity contribution in [2.24, 2.45) is 5.92 Å². The van der Waals surface area contributed by atoms with Crippen LogP contribution < -0.4 is 10.5 Å². The monoisotopic (exact) mass is 255 g/mol. The molecule has 1 aliphatic rings. The summed E-state index contributed by atoms with van der Waals surface area (Å²) in [4.78, 5) is 0. The van der Waals surface area contributed by atoms with E-state index in [-0.39, 0.29) is 17.5 Å². The molecule has 2 atom stereocenters. The molecule has 1 saturated carbocycles. The van der Waals surface area contributed by atoms with E-state index in [1.54, 1.807) is 0 Å². The first-order valence-corrected chi connectivity index (χ1v) is 6.53. The van der Waals surface area contributed by atoms with Gasteiger partial charge in [-0.2, -0.15) is 0 Å². The summed E-state index contributed by atoms with van der Waals surface area (Å²) in [7, 11) is 0. The summed E-state index contributed by atoms with van der Waals surface area (Å²) in [5.41, 5.74) is 5.46. The van der Waals surface area contributed by atoms with Gasteiger partial charge in [0.05, 0.1) is 0 Å². The predicted octanol–water partition coefficient (Wildman–Crippen LogP) is 3.89. The molecule has 0 radical (unpaired) electrons. The average molecular weight is 255 g/mol. The molecule has 0 amide bonds. The van der Waals surface area contributed by atoms with E-state index in [2.05, 4.69) is 6.92 Å². The molecule has 2 rings (SSSR count). The molecule has 2 N–H and O–H groups in total. The minimum absolute atomic E-state index is 0.0769. The molecule has 2 unspecified atom stereocenters. The van der Waals surface area contributed by atoms with Crippen LogP contribution in [0.25, 0.3) is 0 Å². The van der Waals surface area contributed by atoms with Crippen molar-refractivity contribution in [2.75, 3.05) is 5.73 Å². The zero-order chi connectivity index (χ0) is 13.1. The molecule has 1 aromatic rings. The Bertz CT molecular complexity index is 399. The van der Waals surface area contributed by atoms with Crippen molar-refractivity contribution < 1.29 is 13.5 Å². The van der Waals surface area contributed by atoms with Gasteiger partial charge in [0.15, 0.2) is 17.4 Å². The number of halogens is 2. The van der Waals surface area contributed by atoms with Crippen molar-refractivity contribution in [1.82, 2.24) is 0 Å². The minimum Gasteiger partial charge on any atom is -0.484 e. The predicted molar refractivity (Wildman–Crippen MR) is 67.4 cm³/mol. The van der Waals surface area contributed by atoms with Gasteiger partial charge in [-0.05, 0) is 31.6 Å². The van der Waals surface area contributed by atoms with Gasteiger partial charge in [0.1, 0.15) is 6.10 Å². The molecule has 0 aliphatic heterocycles. The van der Waals surface area contributed by atoms with Crippen LogP contribution in [0.5, 0.6) is 5.75 Å². The summed E-state index contributed by atoms with van der Waals surface area (Å²) in [6.07, 6.45) is 5.05. The normalized spacial score (nSPS) is 23.9. The van der Waals surface area contributed by atoms with Gasteiger partial charge in [-0.3, -0.25) is 0 Å². The molecule has 100 valence electrons. The highest BCUT2D eigenvalue weighted by Gasteiger charge is 2.27. The zero-order valence-electron chi connectivity index (χ0n) is 10.6. The molecule has 0 saturated heterocycles. The number of hydrogen-bond donors (Lipinski definition) is 1. The second-order valence-corrected chi connectivity index (χ2v) is 4.92. The smallest absolute Gasteiger partial charge is 0.191 e. The number of nitrogens with two attached hydrogens (primary N) is 1. The Morgan fingerprint density at radius 3 is 2.44 bits per heavy atom. The van der Waals surface area contributed by atoms with E-state index in [9.17, 15) is 8.78 Å². The fourth-order valence-electron chi connectivity index (χ4n) is 2.64. The lowest BCUT2D eigenvalue weighted by atomic mass is 9.85. The summed E-state index contributed by atoms with van der Waals surface area (Å²) in [5.74, 6) is -1.33. The lowest BCUT2D eigenvalue weighted by molar-refractivity contribution is 0.0820. The van der Waals surface area contributed by atoms with Crippen LogP contribution in [0.3, 0.4) is 0 Å². The van der Waals surface area contributed by atoms with Crippen LogP contribution in [0, 0.1) is 17.6 Å². The van der Waals surface area contributed by atoms with E-state index in [0.29, 0.717) is 5.92 Å². The van der Waals surface area contributed by atoms with Gasteiger partial charge < -0.3 is 10.5 Å². The third-order valence-electron chi connectivity index (χ3n) is 3.65. The summed E-state index contributed by atoms with van der Waals surface area (Å²) >= 11 is 0. The molecular weight excluding hydrogens is 236 g/mol. The first-order valence-electron chi connectivity index (χ1n) is 6.53. The second-order valence-electron chi connectivity index (χ2n) is 4.92. The van der Waals surface area contributed by atoms with Crippen LogP contribution in [-0.4, -0.2) is 6.10 Å². The van der Waals surface area contributed by atoms with Crippen LogP contribution >= 0.6 is 0 Å². The molecular formula is C14H19F2NO. The molecule has 4 heteroatoms. The van der Waals surface area contributed by atoms with E-state index < -0.39 is 11.6 Å². The van der Waals surface area contributed by atoms with E-state index in [1.165, 1.54) is 6.42 Å². The third kappa shape index (κ3) is 2.74. The summed E-state index contributed by atoms with van der Waals surface area (Å²) in [6, 6.07) is 2.20. The molecule has 0 aromatic heterocycles. The molecule has 0 bridgehead atoms. The van der Waals surface area contributed by atoms with E-state index in [1.807, 2.05) is 0 Å². The lowest BCUT2D eigenvalue weighted by Crippen LogP contribution is -2.30. The van der Waals surface area contributed by atoms with E-state index in [4.69, 9.17) is 10.5 Å². The maximum Gasteiger partial charge on any atom is 0.191 e. The molecule has 1 fully saturated rings. The van der Waals surface area contributed by atoms with Crippen LogP contribution in [0.2, 0.25) is 0 Å². The summed E-state index contributed by atoms with van der Waals surface area (Å²) in [5, 5.41) is 0. The van der Waals surface area contributed by atoms with Gasteiger partial charge in [0.25, 0.3) is 0 Å². The maximum atomic E-state index is 13.7. The number of hydrogen-bond acceptors (Lipinski definition) is 2. The molecule has 18 heavy (non-hydrogen) atoms. The largest absolute Gasteiger partial charge is 0.484 e. The first-order chi connectivity index (χ1) is 8.61. The molecule has 2 nitrogen and oxygen atoms in total. The van der Waals surface area contributed by atoms with Gasteiger partial charge in [0.2, 0.25) is 0 Å². The zero-order valence-corrected chi connectivity index (χ0v) is 10.6. The topological polar surface area (TPSA) is 35.2 Å². The van der Waals surface area contributed by atoms with E-state index >= 15 is 0 Å². The number of nitrogen functional groups attached to an aromatic ring is 1. The van der Waals surface area contributed by atoms with Crippen molar-refractivity contribution in [3.05, 3.63) is 23.8 Å². The molecule has 0 spiro atoms. The number of rotatable bonds is 3. The van der Waals surface area contributed by atoms with Gasteiger partial charge >= 0.3 is 0 Å². The summed E-state index contributed by atoms with van der Waals surface area (Å²) < 4.78 is 32.9. The Hall–Kier alpha value is -1.32. The van der Waals surface area contributed by atoms with Crippen molar-refractivity contribution >= 4 is 5.69 Å². The average Bonchev–Trinajstić information content (AvgIpc) is 2.34. The highest BCUT2D eigenvalue weighted by atomic mass is 19.1. The standard InChI is InChI=1S/C14H19F2NO/c1-2-9-5-3-4-6-13(9)18-14-11(15)7-10(17)8-12(14)16/h7-9,13H,2-6,17H2,1H3. The highest BCUT2D eigenvalue weighted by molar-refractivity contribution is 5.44. The fraction of sp³-hybridized carbons (Fsp3) is 0.571. The summed E-state index contributed by atoms with van der Waals surface area (Å²) in [6.45, 7) is 2.09. The van der Waals surface area contributed by atoms with Crippen molar-refractivity contribution in [1.29, 1.82) is 0 Å². The van der Waals surface area contributed by atoms with Crippen molar-refractivity contribution in [3.8, 4) is 5.75 Å². The fourth-order valence-corrected chi connectivity index (χ4v) is 2.64. The Morgan fingerprint density at radius 2 is 1.83 bits per heavy atom. The van der Waals surface area contributed by atoms with Gasteiger partial charge in [-0.25, -0.2) is 8.78 Å². The number of ether oxygens (including phenoxy) is 1. The first kappa shape index (κ1) is 13.1. The van der Waals surface area contributed by atoms with Crippen molar-refractivity contribution in [3.63, 3.8) is 0 Å². The van der Waals surface area contributed by atoms with E-state index in [0.717, 1.165) is 37.8 Å². The van der Waals surface area contributed by atoms with Crippen molar-refractivity contribution in [2.45, 2.75) is 45.1 Å². The number of benzene rings is 1. The number of anilines is 1. The van der Waals surface area contributed by atoms with Gasteiger partial charge in [-0.1, -0.05) is 13.3 Å². The van der Waals surface area contributed by atoms with Gasteiger partial charge in [0, 0.05) is 17.8 Å². The minimum atomic E-state index is -0.715. The highest BCUT2D eigenvalue weighted by Crippen LogP contribution is 2.33. The Kier molecular flexibility index (Phi) is 4.04. The van der Waals surface area contributed by atoms with Crippen LogP contribution in [0.4, 0.5) is 14.5 Å². The second kappa shape index (κ2) is 5.55. The van der Waals surface area contributed by atoms with Gasteiger partial charge in [-0.15, -0.1) is 0 Å². The molecule has 0 heterocycles. The lowest BCUT2D eigenvalue weighted by Gasteiger charge is -2.31. The SMILES string of the molecule is CCC1CCCCC1Oc1c(F)cc(N)cc1F. The van der Waals surface area contributed by atoms with Crippen LogP contribution in [0.1, 0.15) is 39.0 Å². The molecule has 1 aromatic carbocycles. The Morgan fingerprint density at radius 1 is 1.22 bits per heavy atom. The quantitative estimate of drug-likeness (QED) is 0.831. The van der Waals surface area contributed by atoms with Crippen LogP contribution in [0.15, 0.2) is 12.1 Å². The van der Waals surface area contributed by atoms with Crippen LogP contribution in [-0.2, 0) is 0 Å². The molecule has 1 aliphatic carbocycles. The Balaban J connectivity index is 2.17. The Labute approximate surface area is 106 Å². The maximum absolute atomic E-state index is 13.7.